The van der Waals surface area contributed by atoms with Crippen molar-refractivity contribution in [3.05, 3.63) is 30.9 Å². The molecule has 4 heterocycles. The number of anilines is 4. The Kier molecular flexibility index (Phi) is 4.34. The number of pyridine rings is 1. The van der Waals surface area contributed by atoms with Crippen LogP contribution in [0.2, 0.25) is 0 Å². The molecule has 0 radical (unpaired) electrons. The van der Waals surface area contributed by atoms with Gasteiger partial charge in [-0.1, -0.05) is 12.8 Å². The standard InChI is InChI=1S/C21H26N8O/c1-21(2)12-28(14-7-4-5-8-14)18-16(27(3)19(21)30)11-22-20(26-18)25-15-9-6-10-29-17(15)23-13-24-29/h6,9-11,13-14H,4-5,7-8,12H2,1-3H3,(H,22,25,26). The summed E-state index contributed by atoms with van der Waals surface area (Å²) in [6, 6.07) is 4.21. The van der Waals surface area contributed by atoms with Crippen LogP contribution in [0, 0.1) is 5.41 Å². The molecule has 156 valence electrons. The van der Waals surface area contributed by atoms with E-state index in [1.54, 1.807) is 15.6 Å². The molecule has 1 aliphatic carbocycles. The average molecular weight is 406 g/mol. The van der Waals surface area contributed by atoms with Crippen molar-refractivity contribution in [2.45, 2.75) is 45.6 Å². The van der Waals surface area contributed by atoms with Crippen molar-refractivity contribution in [1.82, 2.24) is 24.6 Å². The molecule has 5 rings (SSSR count). The van der Waals surface area contributed by atoms with Crippen LogP contribution in [-0.2, 0) is 4.79 Å². The molecule has 1 amide bonds. The van der Waals surface area contributed by atoms with Gasteiger partial charge in [-0.05, 0) is 38.8 Å². The summed E-state index contributed by atoms with van der Waals surface area (Å²) in [6.45, 7) is 4.67. The third-order valence-corrected chi connectivity index (χ3v) is 6.15. The van der Waals surface area contributed by atoms with Crippen LogP contribution in [0.1, 0.15) is 39.5 Å². The number of nitrogens with one attached hydrogen (secondary N) is 1. The smallest absolute Gasteiger partial charge is 0.234 e. The zero-order valence-corrected chi connectivity index (χ0v) is 17.5. The first kappa shape index (κ1) is 18.8. The molecule has 2 aliphatic rings. The molecular weight excluding hydrogens is 380 g/mol. The fourth-order valence-electron chi connectivity index (χ4n) is 4.59. The molecule has 0 atom stereocenters. The molecule has 0 bridgehead atoms. The van der Waals surface area contributed by atoms with Crippen LogP contribution in [0.5, 0.6) is 0 Å². The minimum Gasteiger partial charge on any atom is -0.351 e. The Labute approximate surface area is 175 Å². The first-order valence-electron chi connectivity index (χ1n) is 10.4. The number of carbonyl (C=O) groups is 1. The van der Waals surface area contributed by atoms with Crippen molar-refractivity contribution in [3.63, 3.8) is 0 Å². The van der Waals surface area contributed by atoms with Gasteiger partial charge in [0, 0.05) is 25.8 Å². The van der Waals surface area contributed by atoms with Crippen molar-refractivity contribution in [1.29, 1.82) is 0 Å². The number of aromatic nitrogens is 5. The first-order valence-corrected chi connectivity index (χ1v) is 10.4. The minimum absolute atomic E-state index is 0.0850. The van der Waals surface area contributed by atoms with Gasteiger partial charge in [0.1, 0.15) is 12.0 Å². The summed E-state index contributed by atoms with van der Waals surface area (Å²) < 4.78 is 1.70. The highest BCUT2D eigenvalue weighted by atomic mass is 16.2. The molecule has 0 aromatic carbocycles. The number of nitrogens with zero attached hydrogens (tertiary/aromatic N) is 7. The fraction of sp³-hybridized carbons (Fsp3) is 0.476. The lowest BCUT2D eigenvalue weighted by Crippen LogP contribution is -2.45. The van der Waals surface area contributed by atoms with Gasteiger partial charge in [-0.2, -0.15) is 10.1 Å². The summed E-state index contributed by atoms with van der Waals surface area (Å²) in [5, 5.41) is 7.46. The van der Waals surface area contributed by atoms with E-state index in [0.717, 1.165) is 30.0 Å². The molecule has 9 nitrogen and oxygen atoms in total. The number of amides is 1. The topological polar surface area (TPSA) is 91.6 Å². The third kappa shape index (κ3) is 3.05. The van der Waals surface area contributed by atoms with Gasteiger partial charge >= 0.3 is 0 Å². The van der Waals surface area contributed by atoms with Gasteiger partial charge in [0.25, 0.3) is 0 Å². The van der Waals surface area contributed by atoms with Gasteiger partial charge in [0.2, 0.25) is 11.9 Å². The van der Waals surface area contributed by atoms with Crippen LogP contribution in [0.3, 0.4) is 0 Å². The largest absolute Gasteiger partial charge is 0.351 e. The summed E-state index contributed by atoms with van der Waals surface area (Å²) >= 11 is 0. The molecule has 1 saturated carbocycles. The van der Waals surface area contributed by atoms with Crippen LogP contribution >= 0.6 is 0 Å². The zero-order valence-electron chi connectivity index (χ0n) is 17.5. The van der Waals surface area contributed by atoms with E-state index >= 15 is 0 Å². The van der Waals surface area contributed by atoms with Crippen LogP contribution in [-0.4, -0.2) is 50.1 Å². The van der Waals surface area contributed by atoms with Crippen LogP contribution in [0.25, 0.3) is 5.65 Å². The number of fused-ring (bicyclic) bond motifs is 2. The van der Waals surface area contributed by atoms with Crippen LogP contribution in [0.4, 0.5) is 23.1 Å². The maximum atomic E-state index is 13.1. The van der Waals surface area contributed by atoms with Gasteiger partial charge in [-0.15, -0.1) is 0 Å². The summed E-state index contributed by atoms with van der Waals surface area (Å²) in [4.78, 5) is 30.8. The highest BCUT2D eigenvalue weighted by molar-refractivity contribution is 6.00. The zero-order chi connectivity index (χ0) is 20.9. The molecule has 9 heteroatoms. The van der Waals surface area contributed by atoms with E-state index < -0.39 is 5.41 Å². The normalized spacial score (nSPS) is 19.2. The van der Waals surface area contributed by atoms with Crippen molar-refractivity contribution in [2.24, 2.45) is 5.41 Å². The molecule has 1 fully saturated rings. The van der Waals surface area contributed by atoms with Crippen molar-refractivity contribution >= 4 is 34.7 Å². The Morgan fingerprint density at radius 1 is 1.20 bits per heavy atom. The SMILES string of the molecule is CN1C(=O)C(C)(C)CN(C2CCCC2)c2nc(Nc3cccn4ncnc34)ncc21. The third-order valence-electron chi connectivity index (χ3n) is 6.15. The van der Waals surface area contributed by atoms with Crippen molar-refractivity contribution < 1.29 is 4.79 Å². The lowest BCUT2D eigenvalue weighted by molar-refractivity contribution is -0.125. The second-order valence-corrected chi connectivity index (χ2v) is 8.79. The highest BCUT2D eigenvalue weighted by Crippen LogP contribution is 2.40. The van der Waals surface area contributed by atoms with Crippen LogP contribution < -0.4 is 15.1 Å². The number of carbonyl (C=O) groups excluding carboxylic acids is 1. The van der Waals surface area contributed by atoms with E-state index in [2.05, 4.69) is 25.3 Å². The average Bonchev–Trinajstić information content (AvgIpc) is 3.42. The van der Waals surface area contributed by atoms with Gasteiger partial charge in [-0.3, -0.25) is 4.79 Å². The Morgan fingerprint density at radius 3 is 2.80 bits per heavy atom. The molecule has 30 heavy (non-hydrogen) atoms. The predicted molar refractivity (Wildman–Crippen MR) is 115 cm³/mol. The summed E-state index contributed by atoms with van der Waals surface area (Å²) in [5.74, 6) is 1.38. The van der Waals surface area contributed by atoms with E-state index in [9.17, 15) is 4.79 Å². The van der Waals surface area contributed by atoms with E-state index in [1.807, 2.05) is 39.2 Å². The van der Waals surface area contributed by atoms with Gasteiger partial charge in [0.15, 0.2) is 11.5 Å². The minimum atomic E-state index is -0.501. The summed E-state index contributed by atoms with van der Waals surface area (Å²) in [6.07, 6.45) is 9.78. The first-order chi connectivity index (χ1) is 14.4. The van der Waals surface area contributed by atoms with Crippen LogP contribution in [0.15, 0.2) is 30.9 Å². The monoisotopic (exact) mass is 406 g/mol. The molecule has 1 N–H and O–H groups in total. The van der Waals surface area contributed by atoms with E-state index in [-0.39, 0.29) is 5.91 Å². The van der Waals surface area contributed by atoms with E-state index in [4.69, 9.17) is 4.98 Å². The number of hydrogen-bond donors (Lipinski definition) is 1. The number of rotatable bonds is 3. The summed E-state index contributed by atoms with van der Waals surface area (Å²) in [5.41, 5.74) is 1.74. The molecule has 3 aromatic rings. The van der Waals surface area contributed by atoms with Gasteiger partial charge in [-0.25, -0.2) is 14.5 Å². The Bertz CT molecular complexity index is 1100. The van der Waals surface area contributed by atoms with E-state index in [1.165, 1.54) is 19.2 Å². The Balaban J connectivity index is 1.58. The maximum Gasteiger partial charge on any atom is 0.234 e. The molecule has 0 unspecified atom stereocenters. The fourth-order valence-corrected chi connectivity index (χ4v) is 4.59. The lowest BCUT2D eigenvalue weighted by Gasteiger charge is -2.34. The quantitative estimate of drug-likeness (QED) is 0.715. The predicted octanol–water partition coefficient (Wildman–Crippen LogP) is 3.01. The summed E-state index contributed by atoms with van der Waals surface area (Å²) in [7, 11) is 1.81. The maximum absolute atomic E-state index is 13.1. The Hall–Kier alpha value is -3.23. The second-order valence-electron chi connectivity index (χ2n) is 8.79. The van der Waals surface area contributed by atoms with Crippen molar-refractivity contribution in [3.8, 4) is 0 Å². The molecule has 0 spiro atoms. The Morgan fingerprint density at radius 2 is 2.00 bits per heavy atom. The highest BCUT2D eigenvalue weighted by Gasteiger charge is 2.41. The molecule has 0 saturated heterocycles. The van der Waals surface area contributed by atoms with Gasteiger partial charge in [0.05, 0.1) is 17.3 Å². The lowest BCUT2D eigenvalue weighted by atomic mass is 9.91. The van der Waals surface area contributed by atoms with Crippen molar-refractivity contribution in [2.75, 3.05) is 28.7 Å². The molecule has 1 aliphatic heterocycles. The molecular formula is C21H26N8O. The molecule has 3 aromatic heterocycles. The van der Waals surface area contributed by atoms with Gasteiger partial charge < -0.3 is 15.1 Å². The number of hydrogen-bond acceptors (Lipinski definition) is 7. The van der Waals surface area contributed by atoms with E-state index in [0.29, 0.717) is 24.2 Å². The second kappa shape index (κ2) is 6.93.